The number of amides is 1. The third kappa shape index (κ3) is 5.21. The summed E-state index contributed by atoms with van der Waals surface area (Å²) in [6, 6.07) is 15.2. The molecule has 3 aromatic rings. The van der Waals surface area contributed by atoms with E-state index >= 15 is 0 Å². The fourth-order valence-electron chi connectivity index (χ4n) is 4.86. The van der Waals surface area contributed by atoms with E-state index in [1.807, 2.05) is 59.7 Å². The first kappa shape index (κ1) is 27.8. The van der Waals surface area contributed by atoms with Gasteiger partial charge in [0.1, 0.15) is 11.5 Å². The lowest BCUT2D eigenvalue weighted by Gasteiger charge is -2.28. The Kier molecular flexibility index (Phi) is 8.00. The first-order valence-electron chi connectivity index (χ1n) is 13.0. The molecular weight excluding hydrogens is 494 g/mol. The van der Waals surface area contributed by atoms with Gasteiger partial charge in [-0.15, -0.1) is 0 Å². The lowest BCUT2D eigenvalue weighted by molar-refractivity contribution is -0.132. The fraction of sp³-hybridized carbons (Fsp3) is 0.312. The molecule has 1 aliphatic heterocycles. The molecule has 1 heterocycles. The molecule has 1 atom stereocenters. The molecule has 1 N–H and O–H groups in total. The van der Waals surface area contributed by atoms with Crippen LogP contribution in [0.3, 0.4) is 0 Å². The SMILES string of the molecule is CCOc1cc(C2/C(=C(\O)c3ccc(OC(C)C)c(C)c3)C(=O)C(=O)N2c2cccc(C)c2C)ccc1OC. The molecule has 3 aromatic carbocycles. The minimum absolute atomic E-state index is 0.00505. The van der Waals surface area contributed by atoms with Crippen molar-refractivity contribution >= 4 is 23.1 Å². The van der Waals surface area contributed by atoms with Crippen molar-refractivity contribution in [3.05, 3.63) is 88.0 Å². The predicted molar refractivity (Wildman–Crippen MR) is 152 cm³/mol. The summed E-state index contributed by atoms with van der Waals surface area (Å²) in [5.41, 5.74) is 4.29. The molecule has 7 heteroatoms. The number of ketones is 1. The highest BCUT2D eigenvalue weighted by Crippen LogP contribution is 2.45. The van der Waals surface area contributed by atoms with Crippen LogP contribution in [0.25, 0.3) is 5.76 Å². The first-order valence-corrected chi connectivity index (χ1v) is 13.0. The number of carbonyl (C=O) groups is 2. The second kappa shape index (κ2) is 11.2. The van der Waals surface area contributed by atoms with Crippen LogP contribution in [0.15, 0.2) is 60.2 Å². The van der Waals surface area contributed by atoms with Gasteiger partial charge >= 0.3 is 0 Å². The molecule has 0 saturated carbocycles. The lowest BCUT2D eigenvalue weighted by atomic mass is 9.94. The van der Waals surface area contributed by atoms with Gasteiger partial charge in [-0.05, 0) is 100 Å². The number of hydrogen-bond acceptors (Lipinski definition) is 6. The molecule has 1 fully saturated rings. The highest BCUT2D eigenvalue weighted by Gasteiger charge is 2.47. The smallest absolute Gasteiger partial charge is 0.300 e. The average Bonchev–Trinajstić information content (AvgIpc) is 3.16. The second-order valence-corrected chi connectivity index (χ2v) is 9.88. The van der Waals surface area contributed by atoms with E-state index in [1.165, 1.54) is 4.90 Å². The van der Waals surface area contributed by atoms with Gasteiger partial charge in [-0.3, -0.25) is 14.5 Å². The number of methoxy groups -OCH3 is 1. The predicted octanol–water partition coefficient (Wildman–Crippen LogP) is 6.43. The Balaban J connectivity index is 1.96. The van der Waals surface area contributed by atoms with Crippen LogP contribution in [0.5, 0.6) is 17.2 Å². The van der Waals surface area contributed by atoms with Gasteiger partial charge in [-0.25, -0.2) is 0 Å². The van der Waals surface area contributed by atoms with Crippen LogP contribution in [0, 0.1) is 20.8 Å². The number of aliphatic hydroxyl groups is 1. The van der Waals surface area contributed by atoms with Crippen LogP contribution < -0.4 is 19.1 Å². The summed E-state index contributed by atoms with van der Waals surface area (Å²) in [7, 11) is 1.55. The van der Waals surface area contributed by atoms with Crippen molar-refractivity contribution in [3.63, 3.8) is 0 Å². The van der Waals surface area contributed by atoms with E-state index in [-0.39, 0.29) is 17.4 Å². The zero-order valence-corrected chi connectivity index (χ0v) is 23.5. The zero-order valence-electron chi connectivity index (χ0n) is 23.5. The molecule has 4 rings (SSSR count). The van der Waals surface area contributed by atoms with Crippen LogP contribution >= 0.6 is 0 Å². The monoisotopic (exact) mass is 529 g/mol. The van der Waals surface area contributed by atoms with Gasteiger partial charge in [-0.2, -0.15) is 0 Å². The zero-order chi connectivity index (χ0) is 28.4. The van der Waals surface area contributed by atoms with Crippen LogP contribution in [-0.4, -0.2) is 36.6 Å². The van der Waals surface area contributed by atoms with Gasteiger partial charge in [0.25, 0.3) is 11.7 Å². The van der Waals surface area contributed by atoms with Crippen molar-refractivity contribution < 1.29 is 28.9 Å². The van der Waals surface area contributed by atoms with Crippen molar-refractivity contribution in [2.24, 2.45) is 0 Å². The number of aliphatic hydroxyl groups excluding tert-OH is 1. The van der Waals surface area contributed by atoms with Crippen LogP contribution in [0.4, 0.5) is 5.69 Å². The van der Waals surface area contributed by atoms with Gasteiger partial charge in [-0.1, -0.05) is 18.2 Å². The van der Waals surface area contributed by atoms with Gasteiger partial charge in [0.15, 0.2) is 11.5 Å². The van der Waals surface area contributed by atoms with Gasteiger partial charge in [0.2, 0.25) is 0 Å². The number of benzene rings is 3. The molecule has 0 radical (unpaired) electrons. The Morgan fingerprint density at radius 1 is 0.949 bits per heavy atom. The standard InChI is InChI=1S/C32H35NO6/c1-8-38-27-17-22(12-15-26(27)37-7)29-28(30(34)23-13-14-25(20(5)16-23)39-18(2)3)31(35)32(36)33(29)24-11-9-10-19(4)21(24)6/h9-18,29,34H,8H2,1-7H3/b30-28+. The highest BCUT2D eigenvalue weighted by molar-refractivity contribution is 6.51. The minimum Gasteiger partial charge on any atom is -0.507 e. The quantitative estimate of drug-likeness (QED) is 0.206. The summed E-state index contributed by atoms with van der Waals surface area (Å²) >= 11 is 0. The maximum absolute atomic E-state index is 13.6. The molecule has 0 aromatic heterocycles. The van der Waals surface area contributed by atoms with Crippen molar-refractivity contribution in [3.8, 4) is 17.2 Å². The third-order valence-electron chi connectivity index (χ3n) is 6.89. The first-order chi connectivity index (χ1) is 18.6. The maximum atomic E-state index is 13.6. The van der Waals surface area contributed by atoms with Crippen molar-refractivity contribution in [2.75, 3.05) is 18.6 Å². The van der Waals surface area contributed by atoms with Crippen LogP contribution in [0.1, 0.15) is 54.6 Å². The molecule has 1 unspecified atom stereocenters. The fourth-order valence-corrected chi connectivity index (χ4v) is 4.86. The number of Topliss-reactive ketones (excluding diaryl/α,β-unsaturated/α-hetero) is 1. The Bertz CT molecular complexity index is 1460. The van der Waals surface area contributed by atoms with E-state index in [4.69, 9.17) is 14.2 Å². The summed E-state index contributed by atoms with van der Waals surface area (Å²) in [4.78, 5) is 28.7. The topological polar surface area (TPSA) is 85.3 Å². The molecule has 7 nitrogen and oxygen atoms in total. The highest BCUT2D eigenvalue weighted by atomic mass is 16.5. The average molecular weight is 530 g/mol. The number of rotatable bonds is 8. The third-order valence-corrected chi connectivity index (χ3v) is 6.89. The number of nitrogens with zero attached hydrogens (tertiary/aromatic N) is 1. The molecular formula is C32H35NO6. The van der Waals surface area contributed by atoms with E-state index in [2.05, 4.69) is 0 Å². The summed E-state index contributed by atoms with van der Waals surface area (Å²) in [6.45, 7) is 11.9. The maximum Gasteiger partial charge on any atom is 0.300 e. The van der Waals surface area contributed by atoms with E-state index in [9.17, 15) is 14.7 Å². The largest absolute Gasteiger partial charge is 0.507 e. The summed E-state index contributed by atoms with van der Waals surface area (Å²) < 4.78 is 17.1. The number of aryl methyl sites for hydroxylation is 2. The molecule has 39 heavy (non-hydrogen) atoms. The summed E-state index contributed by atoms with van der Waals surface area (Å²) in [5.74, 6) is -0.0202. The number of hydrogen-bond donors (Lipinski definition) is 1. The Morgan fingerprint density at radius 2 is 1.67 bits per heavy atom. The Hall–Kier alpha value is -4.26. The van der Waals surface area contributed by atoms with Gasteiger partial charge in [0.05, 0.1) is 31.4 Å². The van der Waals surface area contributed by atoms with E-state index in [1.54, 1.807) is 43.5 Å². The molecule has 0 bridgehead atoms. The molecule has 1 saturated heterocycles. The molecule has 204 valence electrons. The minimum atomic E-state index is -0.887. The number of carbonyl (C=O) groups excluding carboxylic acids is 2. The van der Waals surface area contributed by atoms with Crippen molar-refractivity contribution in [1.29, 1.82) is 0 Å². The second-order valence-electron chi connectivity index (χ2n) is 9.88. The van der Waals surface area contributed by atoms with Gasteiger partial charge < -0.3 is 19.3 Å². The normalized spacial score (nSPS) is 16.6. The molecule has 0 spiro atoms. The van der Waals surface area contributed by atoms with Crippen LogP contribution in [-0.2, 0) is 9.59 Å². The summed E-state index contributed by atoms with van der Waals surface area (Å²) in [6.07, 6.45) is -0.0133. The van der Waals surface area contributed by atoms with E-state index in [0.717, 1.165) is 16.7 Å². The van der Waals surface area contributed by atoms with E-state index in [0.29, 0.717) is 40.7 Å². The van der Waals surface area contributed by atoms with Crippen molar-refractivity contribution in [1.82, 2.24) is 0 Å². The van der Waals surface area contributed by atoms with E-state index < -0.39 is 17.7 Å². The van der Waals surface area contributed by atoms with Gasteiger partial charge in [0, 0.05) is 11.3 Å². The number of anilines is 1. The molecule has 0 aliphatic carbocycles. The molecule has 1 aliphatic rings. The summed E-state index contributed by atoms with van der Waals surface area (Å²) in [5, 5.41) is 11.6. The lowest BCUT2D eigenvalue weighted by Crippen LogP contribution is -2.30. The Morgan fingerprint density at radius 3 is 2.31 bits per heavy atom. The Labute approximate surface area is 229 Å². The number of ether oxygens (including phenoxy) is 3. The van der Waals surface area contributed by atoms with Crippen LogP contribution in [0.2, 0.25) is 0 Å². The van der Waals surface area contributed by atoms with Crippen molar-refractivity contribution in [2.45, 2.75) is 53.7 Å². The molecule has 1 amide bonds.